The summed E-state index contributed by atoms with van der Waals surface area (Å²) in [6, 6.07) is 13.0. The molecule has 0 unspecified atom stereocenters. The van der Waals surface area contributed by atoms with Crippen molar-refractivity contribution in [2.24, 2.45) is 5.92 Å². The first-order valence-corrected chi connectivity index (χ1v) is 9.22. The Kier molecular flexibility index (Phi) is 4.14. The molecule has 0 saturated heterocycles. The molecule has 4 nitrogen and oxygen atoms in total. The van der Waals surface area contributed by atoms with Gasteiger partial charge in [0.2, 0.25) is 5.78 Å². The third-order valence-corrected chi connectivity index (χ3v) is 4.85. The summed E-state index contributed by atoms with van der Waals surface area (Å²) in [4.78, 5) is 24.4. The predicted octanol–water partition coefficient (Wildman–Crippen LogP) is 4.92. The molecule has 1 aliphatic heterocycles. The number of Topliss-reactive ketones (excluding diaryl/α,β-unsaturated/α-hetero) is 1. The van der Waals surface area contributed by atoms with Crippen LogP contribution in [0, 0.1) is 5.92 Å². The minimum absolute atomic E-state index is 0.0207. The molecule has 0 bridgehead atoms. The lowest BCUT2D eigenvalue weighted by Gasteiger charge is -2.18. The van der Waals surface area contributed by atoms with E-state index in [1.165, 1.54) is 5.56 Å². The van der Waals surface area contributed by atoms with Crippen LogP contribution in [0.3, 0.4) is 0 Å². The number of benzene rings is 2. The average Bonchev–Trinajstić information content (AvgIpc) is 3.42. The van der Waals surface area contributed by atoms with E-state index < -0.39 is 0 Å². The van der Waals surface area contributed by atoms with Crippen molar-refractivity contribution >= 4 is 17.8 Å². The topological polar surface area (TPSA) is 52.6 Å². The van der Waals surface area contributed by atoms with E-state index in [2.05, 4.69) is 32.9 Å². The Bertz CT molecular complexity index is 941. The van der Waals surface area contributed by atoms with Crippen molar-refractivity contribution in [3.8, 4) is 11.5 Å². The lowest BCUT2D eigenvalue weighted by atomic mass is 9.86. The molecule has 0 N–H and O–H groups in total. The van der Waals surface area contributed by atoms with Crippen LogP contribution in [0.15, 0.2) is 48.2 Å². The smallest absolute Gasteiger partial charge is 0.314 e. The molecule has 2 aliphatic rings. The summed E-state index contributed by atoms with van der Waals surface area (Å²) < 4.78 is 11.1. The number of ketones is 1. The van der Waals surface area contributed by atoms with Crippen LogP contribution in [0.4, 0.5) is 0 Å². The molecule has 1 heterocycles. The molecule has 1 fully saturated rings. The molecule has 138 valence electrons. The third-order valence-electron chi connectivity index (χ3n) is 4.85. The van der Waals surface area contributed by atoms with Crippen molar-refractivity contribution in [2.75, 3.05) is 0 Å². The number of carbonyl (C=O) groups excluding carboxylic acids is 2. The van der Waals surface area contributed by atoms with Crippen molar-refractivity contribution in [3.63, 3.8) is 0 Å². The summed E-state index contributed by atoms with van der Waals surface area (Å²) in [5.74, 6) is 0.762. The number of ether oxygens (including phenoxy) is 2. The molecule has 1 aliphatic carbocycles. The third kappa shape index (κ3) is 3.65. The molecule has 1 saturated carbocycles. The first-order chi connectivity index (χ1) is 12.8. The number of hydrogen-bond acceptors (Lipinski definition) is 4. The second kappa shape index (κ2) is 6.38. The highest BCUT2D eigenvalue weighted by Crippen LogP contribution is 2.36. The highest BCUT2D eigenvalue weighted by Gasteiger charge is 2.32. The fourth-order valence-corrected chi connectivity index (χ4v) is 2.98. The first-order valence-electron chi connectivity index (χ1n) is 9.22. The largest absolute Gasteiger partial charge is 0.452 e. The molecule has 0 radical (unpaired) electrons. The summed E-state index contributed by atoms with van der Waals surface area (Å²) in [6.07, 6.45) is 3.52. The SMILES string of the molecule is CC(C)(C)c1ccc(/C=C2/Oc3cc(OC(=O)C4CC4)ccc3C2=O)cc1. The van der Waals surface area contributed by atoms with Gasteiger partial charge in [-0.05, 0) is 47.6 Å². The fourth-order valence-electron chi connectivity index (χ4n) is 2.98. The van der Waals surface area contributed by atoms with E-state index in [-0.39, 0.29) is 28.8 Å². The van der Waals surface area contributed by atoms with E-state index in [4.69, 9.17) is 9.47 Å². The Balaban J connectivity index is 1.53. The minimum atomic E-state index is -0.214. The van der Waals surface area contributed by atoms with Crippen LogP contribution in [0.1, 0.15) is 55.1 Å². The van der Waals surface area contributed by atoms with Crippen molar-refractivity contribution in [1.82, 2.24) is 0 Å². The number of carbonyl (C=O) groups is 2. The summed E-state index contributed by atoms with van der Waals surface area (Å²) in [5.41, 5.74) is 2.70. The van der Waals surface area contributed by atoms with E-state index in [1.807, 2.05) is 12.1 Å². The van der Waals surface area contributed by atoms with Gasteiger partial charge in [-0.2, -0.15) is 0 Å². The summed E-state index contributed by atoms with van der Waals surface area (Å²) in [7, 11) is 0. The van der Waals surface area contributed by atoms with Crippen LogP contribution in [0.25, 0.3) is 6.08 Å². The lowest BCUT2D eigenvalue weighted by molar-refractivity contribution is -0.135. The Hall–Kier alpha value is -2.88. The molecule has 2 aromatic carbocycles. The minimum Gasteiger partial charge on any atom is -0.452 e. The van der Waals surface area contributed by atoms with Crippen molar-refractivity contribution in [2.45, 2.75) is 39.0 Å². The second-order valence-corrected chi connectivity index (χ2v) is 8.17. The van der Waals surface area contributed by atoms with Gasteiger partial charge < -0.3 is 9.47 Å². The standard InChI is InChI=1S/C23H22O4/c1-23(2,3)16-8-4-14(5-9-16)12-20-21(24)18-11-10-17(13-19(18)27-20)26-22(25)15-6-7-15/h4-5,8-13,15H,6-7H2,1-3H3/b20-12+. The monoisotopic (exact) mass is 362 g/mol. The van der Waals surface area contributed by atoms with Gasteiger partial charge in [0.1, 0.15) is 11.5 Å². The molecule has 0 aromatic heterocycles. The molecule has 0 spiro atoms. The number of fused-ring (bicyclic) bond motifs is 1. The number of allylic oxidation sites excluding steroid dienone is 1. The zero-order valence-electron chi connectivity index (χ0n) is 15.7. The molecule has 2 aromatic rings. The van der Waals surface area contributed by atoms with Gasteiger partial charge in [-0.1, -0.05) is 45.0 Å². The van der Waals surface area contributed by atoms with Gasteiger partial charge in [0, 0.05) is 6.07 Å². The normalized spacial score (nSPS) is 17.6. The van der Waals surface area contributed by atoms with Gasteiger partial charge in [0.15, 0.2) is 5.76 Å². The van der Waals surface area contributed by atoms with Gasteiger partial charge in [0.05, 0.1) is 11.5 Å². The molecule has 4 heteroatoms. The first kappa shape index (κ1) is 17.5. The molecular weight excluding hydrogens is 340 g/mol. The van der Waals surface area contributed by atoms with E-state index in [0.29, 0.717) is 17.1 Å². The second-order valence-electron chi connectivity index (χ2n) is 8.17. The summed E-state index contributed by atoms with van der Waals surface area (Å²) in [5, 5.41) is 0. The highest BCUT2D eigenvalue weighted by molar-refractivity contribution is 6.14. The van der Waals surface area contributed by atoms with Gasteiger partial charge in [-0.3, -0.25) is 9.59 Å². The van der Waals surface area contributed by atoms with Crippen LogP contribution >= 0.6 is 0 Å². The van der Waals surface area contributed by atoms with Crippen molar-refractivity contribution in [1.29, 1.82) is 0 Å². The predicted molar refractivity (Wildman–Crippen MR) is 103 cm³/mol. The van der Waals surface area contributed by atoms with Crippen LogP contribution in [-0.4, -0.2) is 11.8 Å². The zero-order chi connectivity index (χ0) is 19.2. The molecule has 0 atom stereocenters. The lowest BCUT2D eigenvalue weighted by Crippen LogP contribution is -2.10. The summed E-state index contributed by atoms with van der Waals surface area (Å²) in [6.45, 7) is 6.48. The Morgan fingerprint density at radius 1 is 1.11 bits per heavy atom. The van der Waals surface area contributed by atoms with Gasteiger partial charge >= 0.3 is 5.97 Å². The number of esters is 1. The zero-order valence-corrected chi connectivity index (χ0v) is 15.7. The van der Waals surface area contributed by atoms with Crippen LogP contribution in [0.2, 0.25) is 0 Å². The van der Waals surface area contributed by atoms with E-state index in [1.54, 1.807) is 24.3 Å². The number of rotatable bonds is 3. The Labute approximate surface area is 158 Å². The maximum absolute atomic E-state index is 12.6. The summed E-state index contributed by atoms with van der Waals surface area (Å²) >= 11 is 0. The fraction of sp³-hybridized carbons (Fsp3) is 0.304. The molecule has 27 heavy (non-hydrogen) atoms. The van der Waals surface area contributed by atoms with Crippen LogP contribution in [-0.2, 0) is 10.2 Å². The molecule has 4 rings (SSSR count). The maximum Gasteiger partial charge on any atom is 0.314 e. The van der Waals surface area contributed by atoms with E-state index >= 15 is 0 Å². The Morgan fingerprint density at radius 2 is 1.81 bits per heavy atom. The average molecular weight is 362 g/mol. The van der Waals surface area contributed by atoms with Crippen molar-refractivity contribution in [3.05, 3.63) is 64.9 Å². The number of hydrogen-bond donors (Lipinski definition) is 0. The molecular formula is C23H22O4. The quantitative estimate of drug-likeness (QED) is 0.442. The molecule has 0 amide bonds. The van der Waals surface area contributed by atoms with Gasteiger partial charge in [-0.15, -0.1) is 0 Å². The van der Waals surface area contributed by atoms with Gasteiger partial charge in [0.25, 0.3) is 0 Å². The van der Waals surface area contributed by atoms with E-state index in [9.17, 15) is 9.59 Å². The van der Waals surface area contributed by atoms with Gasteiger partial charge in [-0.25, -0.2) is 0 Å². The Morgan fingerprint density at radius 3 is 2.44 bits per heavy atom. The van der Waals surface area contributed by atoms with Crippen LogP contribution < -0.4 is 9.47 Å². The van der Waals surface area contributed by atoms with E-state index in [0.717, 1.165) is 18.4 Å². The van der Waals surface area contributed by atoms with Crippen LogP contribution in [0.5, 0.6) is 11.5 Å². The maximum atomic E-state index is 12.6. The van der Waals surface area contributed by atoms with Crippen molar-refractivity contribution < 1.29 is 19.1 Å². The highest BCUT2D eigenvalue weighted by atomic mass is 16.5.